The predicted octanol–water partition coefficient (Wildman–Crippen LogP) is 2.92. The molecule has 0 unspecified atom stereocenters. The molecule has 7 heteroatoms. The molecule has 0 bridgehead atoms. The molecule has 2 aromatic rings. The third-order valence-electron chi connectivity index (χ3n) is 3.23. The molecule has 3 N–H and O–H groups in total. The number of aryl methyl sites for hydroxylation is 1. The van der Waals surface area contributed by atoms with E-state index in [1.165, 1.54) is 0 Å². The number of aromatic nitrogens is 1. The second-order valence-corrected chi connectivity index (χ2v) is 5.59. The van der Waals surface area contributed by atoms with E-state index in [9.17, 15) is 0 Å². The molecule has 1 aromatic carbocycles. The van der Waals surface area contributed by atoms with Gasteiger partial charge in [0.15, 0.2) is 5.11 Å². The van der Waals surface area contributed by atoms with Crippen molar-refractivity contribution in [3.05, 3.63) is 46.2 Å². The molecular formula is C15H17ClN4OS. The van der Waals surface area contributed by atoms with Crippen molar-refractivity contribution in [3.63, 3.8) is 0 Å². The van der Waals surface area contributed by atoms with Crippen LogP contribution in [0.25, 0.3) is 5.69 Å². The average Bonchev–Trinajstić information content (AvgIpc) is 2.73. The van der Waals surface area contributed by atoms with Crippen LogP contribution in [0.15, 0.2) is 29.4 Å². The molecule has 0 saturated heterocycles. The first-order valence-corrected chi connectivity index (χ1v) is 7.34. The molecule has 0 amide bonds. The van der Waals surface area contributed by atoms with Crippen molar-refractivity contribution in [3.8, 4) is 11.4 Å². The number of methoxy groups -OCH3 is 1. The Morgan fingerprint density at radius 1 is 1.41 bits per heavy atom. The minimum absolute atomic E-state index is 0.126. The molecule has 0 aliphatic carbocycles. The van der Waals surface area contributed by atoms with Gasteiger partial charge in [-0.2, -0.15) is 5.10 Å². The lowest BCUT2D eigenvalue weighted by molar-refractivity contribution is 0.412. The Morgan fingerprint density at radius 3 is 2.77 bits per heavy atom. The van der Waals surface area contributed by atoms with Gasteiger partial charge in [0.1, 0.15) is 5.75 Å². The molecule has 0 aliphatic heterocycles. The summed E-state index contributed by atoms with van der Waals surface area (Å²) in [6.45, 7) is 4.00. The SMILES string of the molecule is COc1ccc(Cl)cc1-n1c(C)cc(/C=N\NC(N)=S)c1C. The lowest BCUT2D eigenvalue weighted by Gasteiger charge is -2.14. The number of hydrogen-bond acceptors (Lipinski definition) is 3. The van der Waals surface area contributed by atoms with E-state index in [-0.39, 0.29) is 5.11 Å². The van der Waals surface area contributed by atoms with Gasteiger partial charge in [0.2, 0.25) is 0 Å². The van der Waals surface area contributed by atoms with Crippen LogP contribution in [0.2, 0.25) is 5.02 Å². The number of thiocarbonyl (C=S) groups is 1. The lowest BCUT2D eigenvalue weighted by atomic mass is 10.2. The summed E-state index contributed by atoms with van der Waals surface area (Å²) in [5.74, 6) is 0.746. The lowest BCUT2D eigenvalue weighted by Crippen LogP contribution is -2.24. The van der Waals surface area contributed by atoms with Crippen LogP contribution in [0, 0.1) is 13.8 Å². The van der Waals surface area contributed by atoms with Crippen molar-refractivity contribution in [2.75, 3.05) is 7.11 Å². The Labute approximate surface area is 139 Å². The second-order valence-electron chi connectivity index (χ2n) is 4.71. The molecular weight excluding hydrogens is 320 g/mol. The van der Waals surface area contributed by atoms with E-state index in [2.05, 4.69) is 15.1 Å². The van der Waals surface area contributed by atoms with Gasteiger partial charge >= 0.3 is 0 Å². The van der Waals surface area contributed by atoms with Crippen molar-refractivity contribution in [1.29, 1.82) is 0 Å². The summed E-state index contributed by atoms with van der Waals surface area (Å²) in [5.41, 5.74) is 11.8. The van der Waals surface area contributed by atoms with Crippen molar-refractivity contribution in [1.82, 2.24) is 9.99 Å². The third kappa shape index (κ3) is 3.40. The number of nitrogens with one attached hydrogen (secondary N) is 1. The number of hydrazone groups is 1. The van der Waals surface area contributed by atoms with Crippen LogP contribution in [0.5, 0.6) is 5.75 Å². The summed E-state index contributed by atoms with van der Waals surface area (Å²) in [5, 5.41) is 4.77. The largest absolute Gasteiger partial charge is 0.495 e. The highest BCUT2D eigenvalue weighted by atomic mass is 35.5. The third-order valence-corrected chi connectivity index (χ3v) is 3.56. The molecule has 0 radical (unpaired) electrons. The fourth-order valence-corrected chi connectivity index (χ4v) is 2.51. The van der Waals surface area contributed by atoms with E-state index in [0.717, 1.165) is 28.4 Å². The fraction of sp³-hybridized carbons (Fsp3) is 0.200. The summed E-state index contributed by atoms with van der Waals surface area (Å²) in [4.78, 5) is 0. The summed E-state index contributed by atoms with van der Waals surface area (Å²) >= 11 is 10.8. The van der Waals surface area contributed by atoms with Crippen molar-refractivity contribution < 1.29 is 4.74 Å². The molecule has 0 atom stereocenters. The van der Waals surface area contributed by atoms with E-state index in [1.807, 2.05) is 32.0 Å². The van der Waals surface area contributed by atoms with Crippen LogP contribution >= 0.6 is 23.8 Å². The van der Waals surface area contributed by atoms with Gasteiger partial charge in [-0.05, 0) is 50.3 Å². The Kier molecular flexibility index (Phi) is 5.05. The van der Waals surface area contributed by atoms with Crippen LogP contribution in [0.3, 0.4) is 0 Å². The number of rotatable bonds is 4. The maximum Gasteiger partial charge on any atom is 0.184 e. The van der Waals surface area contributed by atoms with Crippen molar-refractivity contribution >= 4 is 35.1 Å². The van der Waals surface area contributed by atoms with Crippen LogP contribution < -0.4 is 15.9 Å². The minimum atomic E-state index is 0.126. The first-order valence-electron chi connectivity index (χ1n) is 6.55. The monoisotopic (exact) mass is 336 g/mol. The van der Waals surface area contributed by atoms with Crippen LogP contribution in [-0.2, 0) is 0 Å². The van der Waals surface area contributed by atoms with Gasteiger partial charge in [-0.15, -0.1) is 0 Å². The van der Waals surface area contributed by atoms with Crippen molar-refractivity contribution in [2.45, 2.75) is 13.8 Å². The predicted molar refractivity (Wildman–Crippen MR) is 94.3 cm³/mol. The number of nitrogens with zero attached hydrogens (tertiary/aromatic N) is 2. The van der Waals surface area contributed by atoms with Gasteiger partial charge in [-0.1, -0.05) is 11.6 Å². The minimum Gasteiger partial charge on any atom is -0.495 e. The highest BCUT2D eigenvalue weighted by Gasteiger charge is 2.13. The highest BCUT2D eigenvalue weighted by molar-refractivity contribution is 7.80. The molecule has 1 heterocycles. The van der Waals surface area contributed by atoms with Gasteiger partial charge in [0, 0.05) is 22.0 Å². The Balaban J connectivity index is 2.49. The molecule has 0 aliphatic rings. The molecule has 116 valence electrons. The zero-order valence-corrected chi connectivity index (χ0v) is 14.1. The first-order chi connectivity index (χ1) is 10.4. The standard InChI is InChI=1S/C15H17ClN4OS/c1-9-6-11(8-18-19-15(17)22)10(2)20(9)13-7-12(16)4-5-14(13)21-3/h4-8H,1-3H3,(H3,17,19,22)/b18-8-. The average molecular weight is 337 g/mol. The molecule has 2 rings (SSSR count). The maximum absolute atomic E-state index is 6.12. The van der Waals surface area contributed by atoms with Gasteiger partial charge in [-0.3, -0.25) is 5.43 Å². The van der Waals surface area contributed by atoms with Gasteiger partial charge in [0.25, 0.3) is 0 Å². The van der Waals surface area contributed by atoms with Crippen LogP contribution in [-0.4, -0.2) is 23.0 Å². The number of nitrogens with two attached hydrogens (primary N) is 1. The first kappa shape index (κ1) is 16.3. The molecule has 0 fully saturated rings. The van der Waals surface area contributed by atoms with Crippen LogP contribution in [0.4, 0.5) is 0 Å². The summed E-state index contributed by atoms with van der Waals surface area (Å²) < 4.78 is 7.49. The smallest absolute Gasteiger partial charge is 0.184 e. The van der Waals surface area contributed by atoms with Gasteiger partial charge in [0.05, 0.1) is 19.0 Å². The Bertz CT molecular complexity index is 739. The molecule has 0 spiro atoms. The summed E-state index contributed by atoms with van der Waals surface area (Å²) in [7, 11) is 1.63. The fourth-order valence-electron chi connectivity index (χ4n) is 2.29. The van der Waals surface area contributed by atoms with E-state index >= 15 is 0 Å². The van der Waals surface area contributed by atoms with E-state index in [1.54, 1.807) is 19.4 Å². The van der Waals surface area contributed by atoms with Crippen LogP contribution in [0.1, 0.15) is 17.0 Å². The number of ether oxygens (including phenoxy) is 1. The van der Waals surface area contributed by atoms with E-state index < -0.39 is 0 Å². The summed E-state index contributed by atoms with van der Waals surface area (Å²) in [6, 6.07) is 7.53. The Hall–Kier alpha value is -2.05. The van der Waals surface area contributed by atoms with Gasteiger partial charge in [-0.25, -0.2) is 0 Å². The molecule has 22 heavy (non-hydrogen) atoms. The number of hydrogen-bond donors (Lipinski definition) is 2. The highest BCUT2D eigenvalue weighted by Crippen LogP contribution is 2.30. The normalized spacial score (nSPS) is 10.9. The quantitative estimate of drug-likeness (QED) is 0.512. The summed E-state index contributed by atoms with van der Waals surface area (Å²) in [6.07, 6.45) is 1.68. The zero-order chi connectivity index (χ0) is 16.3. The number of benzene rings is 1. The van der Waals surface area contributed by atoms with E-state index in [0.29, 0.717) is 5.02 Å². The molecule has 1 aromatic heterocycles. The second kappa shape index (κ2) is 6.81. The van der Waals surface area contributed by atoms with Gasteiger partial charge < -0.3 is 15.0 Å². The topological polar surface area (TPSA) is 64.6 Å². The van der Waals surface area contributed by atoms with E-state index in [4.69, 9.17) is 34.3 Å². The molecule has 0 saturated carbocycles. The molecule has 5 nitrogen and oxygen atoms in total. The maximum atomic E-state index is 6.12. The number of halogens is 1. The van der Waals surface area contributed by atoms with Crippen molar-refractivity contribution in [2.24, 2.45) is 10.8 Å². The Morgan fingerprint density at radius 2 is 2.14 bits per heavy atom. The zero-order valence-electron chi connectivity index (χ0n) is 12.6.